The van der Waals surface area contributed by atoms with E-state index in [0.717, 1.165) is 23.1 Å². The van der Waals surface area contributed by atoms with Crippen molar-refractivity contribution in [1.82, 2.24) is 0 Å². The van der Waals surface area contributed by atoms with Crippen LogP contribution in [-0.2, 0) is 11.4 Å². The zero-order valence-corrected chi connectivity index (χ0v) is 16.0. The molecule has 0 aliphatic rings. The van der Waals surface area contributed by atoms with E-state index in [-0.39, 0.29) is 16.6 Å². The van der Waals surface area contributed by atoms with Crippen LogP contribution in [0.2, 0.25) is 5.02 Å². The van der Waals surface area contributed by atoms with Crippen LogP contribution in [0.5, 0.6) is 5.75 Å². The van der Waals surface area contributed by atoms with Crippen molar-refractivity contribution in [1.29, 1.82) is 0 Å². The molecular weight excluding hydrogens is 379 g/mol. The predicted octanol–water partition coefficient (Wildman–Crippen LogP) is 5.50. The minimum atomic E-state index is -0.590. The molecule has 3 aromatic carbocycles. The molecule has 0 aliphatic carbocycles. The van der Waals surface area contributed by atoms with Crippen LogP contribution < -0.4 is 15.4 Å². The number of anilines is 2. The summed E-state index contributed by atoms with van der Waals surface area (Å²) in [7, 11) is 0. The number of benzene rings is 3. The molecule has 0 saturated heterocycles. The van der Waals surface area contributed by atoms with Gasteiger partial charge in [-0.05, 0) is 43.3 Å². The molecule has 0 heterocycles. The van der Waals surface area contributed by atoms with Gasteiger partial charge in [-0.3, -0.25) is 4.79 Å². The van der Waals surface area contributed by atoms with Crippen LogP contribution in [0.15, 0.2) is 72.8 Å². The van der Waals surface area contributed by atoms with Gasteiger partial charge in [0, 0.05) is 16.3 Å². The highest BCUT2D eigenvalue weighted by atomic mass is 35.5. The molecule has 0 saturated carbocycles. The molecular formula is C22H20ClFN2O2. The fourth-order valence-corrected chi connectivity index (χ4v) is 2.75. The van der Waals surface area contributed by atoms with Gasteiger partial charge in [0.1, 0.15) is 24.2 Å². The van der Waals surface area contributed by atoms with E-state index in [2.05, 4.69) is 10.6 Å². The number of hydrogen-bond acceptors (Lipinski definition) is 3. The summed E-state index contributed by atoms with van der Waals surface area (Å²) < 4.78 is 19.7. The minimum Gasteiger partial charge on any atom is -0.489 e. The number of amides is 1. The van der Waals surface area contributed by atoms with Gasteiger partial charge >= 0.3 is 0 Å². The minimum absolute atomic E-state index is 0.0868. The molecule has 0 spiro atoms. The molecule has 4 nitrogen and oxygen atoms in total. The highest BCUT2D eigenvalue weighted by Crippen LogP contribution is 2.21. The molecule has 0 radical (unpaired) electrons. The van der Waals surface area contributed by atoms with E-state index in [1.165, 1.54) is 12.1 Å². The molecule has 0 fully saturated rings. The van der Waals surface area contributed by atoms with Crippen molar-refractivity contribution in [3.05, 3.63) is 89.2 Å². The molecule has 2 N–H and O–H groups in total. The standard InChI is InChI=1S/C22H20ClFN2O2/c1-15(22(27)26-21-12-11-17(23)13-19(21)24)25-20-10-6-5-7-16(20)14-28-18-8-3-2-4-9-18/h2-13,15,25H,14H2,1H3,(H,26,27). The lowest BCUT2D eigenvalue weighted by Gasteiger charge is -2.18. The first kappa shape index (κ1) is 19.7. The summed E-state index contributed by atoms with van der Waals surface area (Å²) in [5.74, 6) is -0.175. The Morgan fingerprint density at radius 2 is 1.75 bits per heavy atom. The third-order valence-corrected chi connectivity index (χ3v) is 4.34. The number of nitrogens with one attached hydrogen (secondary N) is 2. The van der Waals surface area contributed by atoms with E-state index in [4.69, 9.17) is 16.3 Å². The lowest BCUT2D eigenvalue weighted by Crippen LogP contribution is -2.32. The average Bonchev–Trinajstić information content (AvgIpc) is 2.70. The van der Waals surface area contributed by atoms with E-state index < -0.39 is 11.9 Å². The van der Waals surface area contributed by atoms with E-state index in [0.29, 0.717) is 6.61 Å². The van der Waals surface area contributed by atoms with Gasteiger partial charge in [0.25, 0.3) is 0 Å². The molecule has 6 heteroatoms. The fraction of sp³-hybridized carbons (Fsp3) is 0.136. The first-order chi connectivity index (χ1) is 13.5. The van der Waals surface area contributed by atoms with Crippen LogP contribution in [-0.4, -0.2) is 11.9 Å². The van der Waals surface area contributed by atoms with Crippen LogP contribution in [0, 0.1) is 5.82 Å². The molecule has 1 amide bonds. The molecule has 0 bridgehead atoms. The van der Waals surface area contributed by atoms with Gasteiger partial charge in [-0.2, -0.15) is 0 Å². The van der Waals surface area contributed by atoms with Crippen molar-refractivity contribution in [3.8, 4) is 5.75 Å². The van der Waals surface area contributed by atoms with Crippen molar-refractivity contribution in [2.45, 2.75) is 19.6 Å². The van der Waals surface area contributed by atoms with Crippen molar-refractivity contribution < 1.29 is 13.9 Å². The summed E-state index contributed by atoms with van der Waals surface area (Å²) >= 11 is 5.74. The van der Waals surface area contributed by atoms with Gasteiger partial charge in [-0.1, -0.05) is 48.0 Å². The molecule has 1 atom stereocenters. The van der Waals surface area contributed by atoms with Crippen molar-refractivity contribution in [2.24, 2.45) is 0 Å². The van der Waals surface area contributed by atoms with E-state index in [9.17, 15) is 9.18 Å². The van der Waals surface area contributed by atoms with Crippen LogP contribution >= 0.6 is 11.6 Å². The quantitative estimate of drug-likeness (QED) is 0.552. The second-order valence-electron chi connectivity index (χ2n) is 6.24. The van der Waals surface area contributed by atoms with Crippen molar-refractivity contribution in [3.63, 3.8) is 0 Å². The summed E-state index contributed by atoms with van der Waals surface area (Å²) in [6, 6.07) is 20.6. The SMILES string of the molecule is CC(Nc1ccccc1COc1ccccc1)C(=O)Nc1ccc(Cl)cc1F. The highest BCUT2D eigenvalue weighted by Gasteiger charge is 2.16. The number of ether oxygens (including phenoxy) is 1. The van der Waals surface area contributed by atoms with Gasteiger partial charge in [-0.15, -0.1) is 0 Å². The summed E-state index contributed by atoms with van der Waals surface area (Å²) in [5.41, 5.74) is 1.77. The first-order valence-corrected chi connectivity index (χ1v) is 9.19. The summed E-state index contributed by atoms with van der Waals surface area (Å²) in [6.45, 7) is 2.06. The summed E-state index contributed by atoms with van der Waals surface area (Å²) in [4.78, 5) is 12.4. The van der Waals surface area contributed by atoms with Crippen molar-refractivity contribution >= 4 is 28.9 Å². The average molecular weight is 399 g/mol. The van der Waals surface area contributed by atoms with E-state index >= 15 is 0 Å². The van der Waals surface area contributed by atoms with Crippen LogP contribution in [0.3, 0.4) is 0 Å². The summed E-state index contributed by atoms with van der Waals surface area (Å²) in [5, 5.41) is 6.00. The predicted molar refractivity (Wildman–Crippen MR) is 110 cm³/mol. The number of halogens is 2. The number of carbonyl (C=O) groups is 1. The van der Waals surface area contributed by atoms with Gasteiger partial charge in [0.2, 0.25) is 5.91 Å². The van der Waals surface area contributed by atoms with Gasteiger partial charge in [-0.25, -0.2) is 4.39 Å². The van der Waals surface area contributed by atoms with Gasteiger partial charge in [0.15, 0.2) is 0 Å². The number of carbonyl (C=O) groups excluding carboxylic acids is 1. The molecule has 3 aromatic rings. The fourth-order valence-electron chi connectivity index (χ4n) is 2.60. The second-order valence-corrected chi connectivity index (χ2v) is 6.67. The Morgan fingerprint density at radius 1 is 1.04 bits per heavy atom. The molecule has 144 valence electrons. The third kappa shape index (κ3) is 5.24. The lowest BCUT2D eigenvalue weighted by atomic mass is 10.1. The Bertz CT molecular complexity index is 950. The highest BCUT2D eigenvalue weighted by molar-refractivity contribution is 6.30. The maximum absolute atomic E-state index is 13.9. The third-order valence-electron chi connectivity index (χ3n) is 4.11. The smallest absolute Gasteiger partial charge is 0.246 e. The number of para-hydroxylation sites is 2. The Labute approximate surface area is 168 Å². The molecule has 0 aromatic heterocycles. The van der Waals surface area contributed by atoms with Crippen LogP contribution in [0.25, 0.3) is 0 Å². The zero-order valence-electron chi connectivity index (χ0n) is 15.3. The number of hydrogen-bond donors (Lipinski definition) is 2. The second kappa shape index (κ2) is 9.24. The van der Waals surface area contributed by atoms with Gasteiger partial charge in [0.05, 0.1) is 5.69 Å². The molecule has 28 heavy (non-hydrogen) atoms. The van der Waals surface area contributed by atoms with Crippen LogP contribution in [0.4, 0.5) is 15.8 Å². The Balaban J connectivity index is 1.64. The summed E-state index contributed by atoms with van der Waals surface area (Å²) in [6.07, 6.45) is 0. The largest absolute Gasteiger partial charge is 0.489 e. The normalized spacial score (nSPS) is 11.5. The Hall–Kier alpha value is -3.05. The van der Waals surface area contributed by atoms with Crippen molar-refractivity contribution in [2.75, 3.05) is 10.6 Å². The monoisotopic (exact) mass is 398 g/mol. The maximum Gasteiger partial charge on any atom is 0.246 e. The lowest BCUT2D eigenvalue weighted by molar-refractivity contribution is -0.116. The van der Waals surface area contributed by atoms with E-state index in [1.54, 1.807) is 6.92 Å². The molecule has 3 rings (SSSR count). The Kier molecular flexibility index (Phi) is 6.50. The Morgan fingerprint density at radius 3 is 2.50 bits per heavy atom. The first-order valence-electron chi connectivity index (χ1n) is 8.81. The molecule has 1 unspecified atom stereocenters. The van der Waals surface area contributed by atoms with E-state index in [1.807, 2.05) is 54.6 Å². The van der Waals surface area contributed by atoms with Crippen LogP contribution in [0.1, 0.15) is 12.5 Å². The molecule has 0 aliphatic heterocycles. The maximum atomic E-state index is 13.9. The zero-order chi connectivity index (χ0) is 19.9. The number of rotatable bonds is 7. The topological polar surface area (TPSA) is 50.4 Å². The van der Waals surface area contributed by atoms with Gasteiger partial charge < -0.3 is 15.4 Å².